The van der Waals surface area contributed by atoms with Gasteiger partial charge >= 0.3 is 12.1 Å². The summed E-state index contributed by atoms with van der Waals surface area (Å²) in [6, 6.07) is 9.31. The van der Waals surface area contributed by atoms with E-state index in [1.807, 2.05) is 6.07 Å². The van der Waals surface area contributed by atoms with Gasteiger partial charge in [-0.1, -0.05) is 30.3 Å². The van der Waals surface area contributed by atoms with Crippen LogP contribution in [0.25, 0.3) is 0 Å². The average molecular weight is 448 g/mol. The van der Waals surface area contributed by atoms with Crippen LogP contribution in [-0.4, -0.2) is 59.3 Å². The quantitative estimate of drug-likeness (QED) is 0.508. The van der Waals surface area contributed by atoms with Crippen LogP contribution >= 0.6 is 0 Å². The van der Waals surface area contributed by atoms with Crippen LogP contribution in [0.1, 0.15) is 58.4 Å². The largest absolute Gasteiger partial charge is 0.480 e. The molecule has 2 amide bonds. The van der Waals surface area contributed by atoms with E-state index in [9.17, 15) is 19.5 Å². The summed E-state index contributed by atoms with van der Waals surface area (Å²) in [6.45, 7) is 8.77. The zero-order valence-corrected chi connectivity index (χ0v) is 19.4. The first-order valence-corrected chi connectivity index (χ1v) is 11.4. The number of hydrogen-bond acceptors (Lipinski definition) is 5. The third-order valence-electron chi connectivity index (χ3n) is 5.48. The van der Waals surface area contributed by atoms with Gasteiger partial charge in [0.2, 0.25) is 5.91 Å². The number of benzene rings is 1. The van der Waals surface area contributed by atoms with E-state index in [1.165, 1.54) is 5.56 Å². The van der Waals surface area contributed by atoms with Gasteiger partial charge in [-0.05, 0) is 71.0 Å². The number of carboxylic acid groups (broad SMARTS) is 1. The fraction of sp³-hybridized carbons (Fsp3) is 0.625. The molecule has 1 aliphatic rings. The molecule has 1 unspecified atom stereocenters. The zero-order chi connectivity index (χ0) is 23.6. The lowest BCUT2D eigenvalue weighted by molar-refractivity contribution is -0.139. The Morgan fingerprint density at radius 1 is 1.16 bits per heavy atom. The lowest BCUT2D eigenvalue weighted by Crippen LogP contribution is -2.44. The van der Waals surface area contributed by atoms with Gasteiger partial charge in [0.1, 0.15) is 11.6 Å². The van der Waals surface area contributed by atoms with E-state index < -0.39 is 23.7 Å². The minimum Gasteiger partial charge on any atom is -0.480 e. The van der Waals surface area contributed by atoms with Crippen molar-refractivity contribution in [2.24, 2.45) is 5.92 Å². The molecular formula is C24H37N3O5. The fourth-order valence-electron chi connectivity index (χ4n) is 3.76. The molecule has 1 aromatic carbocycles. The Labute approximate surface area is 190 Å². The summed E-state index contributed by atoms with van der Waals surface area (Å²) in [5, 5.41) is 14.5. The molecular weight excluding hydrogens is 410 g/mol. The highest BCUT2D eigenvalue weighted by Gasteiger charge is 2.25. The molecule has 1 fully saturated rings. The first-order valence-electron chi connectivity index (χ1n) is 11.4. The molecule has 0 saturated carbocycles. The van der Waals surface area contributed by atoms with Gasteiger partial charge in [-0.15, -0.1) is 0 Å². The van der Waals surface area contributed by atoms with E-state index in [0.717, 1.165) is 38.9 Å². The third-order valence-corrected chi connectivity index (χ3v) is 5.48. The molecule has 0 bridgehead atoms. The molecule has 0 spiro atoms. The fourth-order valence-corrected chi connectivity index (χ4v) is 3.76. The summed E-state index contributed by atoms with van der Waals surface area (Å²) in [6.07, 6.45) is 2.39. The number of rotatable bonds is 10. The topological polar surface area (TPSA) is 108 Å². The summed E-state index contributed by atoms with van der Waals surface area (Å²) in [4.78, 5) is 37.8. The normalized spacial score (nSPS) is 16.2. The number of piperidine rings is 1. The summed E-state index contributed by atoms with van der Waals surface area (Å²) in [7, 11) is 0. The Bertz CT molecular complexity index is 740. The van der Waals surface area contributed by atoms with Gasteiger partial charge in [-0.25, -0.2) is 9.59 Å². The predicted molar refractivity (Wildman–Crippen MR) is 122 cm³/mol. The number of likely N-dealkylation sites (tertiary alicyclic amines) is 1. The minimum absolute atomic E-state index is 0.0122. The Kier molecular flexibility index (Phi) is 9.97. The van der Waals surface area contributed by atoms with Crippen molar-refractivity contribution >= 4 is 18.0 Å². The molecule has 1 heterocycles. The van der Waals surface area contributed by atoms with Gasteiger partial charge in [0, 0.05) is 19.5 Å². The standard InChI is InChI=1S/C24H37N3O5/c1-24(2,3)32-23(31)26-20(22(29)30)9-10-21(28)25-14-11-18-12-15-27(16-13-18)17-19-7-5-4-6-8-19/h4-8,18,20H,9-17H2,1-3H3,(H,25,28)(H,26,31)(H,29,30). The molecule has 178 valence electrons. The average Bonchev–Trinajstić information content (AvgIpc) is 2.71. The zero-order valence-electron chi connectivity index (χ0n) is 19.4. The second-order valence-electron chi connectivity index (χ2n) is 9.42. The van der Waals surface area contributed by atoms with Crippen LogP contribution in [0, 0.1) is 5.92 Å². The highest BCUT2D eigenvalue weighted by atomic mass is 16.6. The molecule has 3 N–H and O–H groups in total. The van der Waals surface area contributed by atoms with Crippen LogP contribution in [0.15, 0.2) is 30.3 Å². The highest BCUT2D eigenvalue weighted by molar-refractivity contribution is 5.81. The smallest absolute Gasteiger partial charge is 0.408 e. The number of carbonyl (C=O) groups excluding carboxylic acids is 2. The van der Waals surface area contributed by atoms with Gasteiger partial charge in [0.25, 0.3) is 0 Å². The molecule has 2 rings (SSSR count). The summed E-state index contributed by atoms with van der Waals surface area (Å²) >= 11 is 0. The van der Waals surface area contributed by atoms with Crippen molar-refractivity contribution < 1.29 is 24.2 Å². The highest BCUT2D eigenvalue weighted by Crippen LogP contribution is 2.21. The Morgan fingerprint density at radius 2 is 1.81 bits per heavy atom. The maximum atomic E-state index is 12.1. The molecule has 0 aliphatic carbocycles. The summed E-state index contributed by atoms with van der Waals surface area (Å²) in [5.74, 6) is -0.808. The Morgan fingerprint density at radius 3 is 2.41 bits per heavy atom. The van der Waals surface area contributed by atoms with Crippen LogP contribution in [0.5, 0.6) is 0 Å². The number of carbonyl (C=O) groups is 3. The molecule has 1 atom stereocenters. The predicted octanol–water partition coefficient (Wildman–Crippen LogP) is 3.16. The molecule has 0 aromatic heterocycles. The van der Waals surface area contributed by atoms with E-state index in [0.29, 0.717) is 12.5 Å². The maximum Gasteiger partial charge on any atom is 0.408 e. The van der Waals surface area contributed by atoms with Crippen LogP contribution < -0.4 is 10.6 Å². The van der Waals surface area contributed by atoms with E-state index >= 15 is 0 Å². The van der Waals surface area contributed by atoms with Gasteiger partial charge in [0.05, 0.1) is 0 Å². The first-order chi connectivity index (χ1) is 15.1. The van der Waals surface area contributed by atoms with E-state index in [4.69, 9.17) is 4.74 Å². The number of nitrogens with zero attached hydrogens (tertiary/aromatic N) is 1. The monoisotopic (exact) mass is 447 g/mol. The minimum atomic E-state index is -1.19. The molecule has 0 radical (unpaired) electrons. The lowest BCUT2D eigenvalue weighted by atomic mass is 9.93. The summed E-state index contributed by atoms with van der Waals surface area (Å²) in [5.41, 5.74) is 0.612. The van der Waals surface area contributed by atoms with Crippen molar-refractivity contribution in [2.45, 2.75) is 71.1 Å². The maximum absolute atomic E-state index is 12.1. The second-order valence-corrected chi connectivity index (χ2v) is 9.42. The number of aliphatic carboxylic acids is 1. The third kappa shape index (κ3) is 10.1. The van der Waals surface area contributed by atoms with E-state index in [2.05, 4.69) is 39.8 Å². The lowest BCUT2D eigenvalue weighted by Gasteiger charge is -2.32. The number of amides is 2. The molecule has 1 aromatic rings. The number of carboxylic acids is 1. The number of alkyl carbamates (subject to hydrolysis) is 1. The van der Waals surface area contributed by atoms with Crippen molar-refractivity contribution in [1.29, 1.82) is 0 Å². The number of hydrogen-bond donors (Lipinski definition) is 3. The first kappa shape index (κ1) is 25.6. The second kappa shape index (κ2) is 12.4. The molecule has 8 nitrogen and oxygen atoms in total. The molecule has 8 heteroatoms. The van der Waals surface area contributed by atoms with Crippen LogP contribution in [0.3, 0.4) is 0 Å². The van der Waals surface area contributed by atoms with Gasteiger partial charge in [-0.3, -0.25) is 9.69 Å². The molecule has 1 saturated heterocycles. The van der Waals surface area contributed by atoms with Crippen molar-refractivity contribution in [3.05, 3.63) is 35.9 Å². The SMILES string of the molecule is CC(C)(C)OC(=O)NC(CCC(=O)NCCC1CCN(Cc2ccccc2)CC1)C(=O)O. The van der Waals surface area contributed by atoms with Crippen LogP contribution in [0.2, 0.25) is 0 Å². The molecule has 1 aliphatic heterocycles. The van der Waals surface area contributed by atoms with Crippen molar-refractivity contribution in [3.63, 3.8) is 0 Å². The summed E-state index contributed by atoms with van der Waals surface area (Å²) < 4.78 is 5.08. The number of nitrogens with one attached hydrogen (secondary N) is 2. The van der Waals surface area contributed by atoms with Crippen molar-refractivity contribution in [1.82, 2.24) is 15.5 Å². The van der Waals surface area contributed by atoms with Crippen LogP contribution in [-0.2, 0) is 20.9 Å². The van der Waals surface area contributed by atoms with Crippen molar-refractivity contribution in [2.75, 3.05) is 19.6 Å². The van der Waals surface area contributed by atoms with Crippen molar-refractivity contribution in [3.8, 4) is 0 Å². The number of ether oxygens (including phenoxy) is 1. The van der Waals surface area contributed by atoms with Gasteiger partial charge in [-0.2, -0.15) is 0 Å². The van der Waals surface area contributed by atoms with Crippen LogP contribution in [0.4, 0.5) is 4.79 Å². The Balaban J connectivity index is 1.61. The molecule has 32 heavy (non-hydrogen) atoms. The van der Waals surface area contributed by atoms with Gasteiger partial charge < -0.3 is 20.5 Å². The van der Waals surface area contributed by atoms with E-state index in [1.54, 1.807) is 20.8 Å². The Hall–Kier alpha value is -2.61. The van der Waals surface area contributed by atoms with Gasteiger partial charge in [0.15, 0.2) is 0 Å². The van der Waals surface area contributed by atoms with E-state index in [-0.39, 0.29) is 18.7 Å².